The van der Waals surface area contributed by atoms with E-state index in [0.717, 1.165) is 50.1 Å². The SMILES string of the molecule is O=S(c1ccccc1)c1ccc([Si](c2ccccc2)(c2ccccc2)c2ccc(S(=O)c3ccc([Si](c4ccccc4)(c4ccccc4)c4ccc(S(=O)c5ccccc5)cc4)cc3)cc2)cc1. The van der Waals surface area contributed by atoms with Gasteiger partial charge in [0.1, 0.15) is 0 Å². The smallest absolute Gasteiger partial charge is 0.179 e. The predicted molar refractivity (Wildman–Crippen MR) is 287 cm³/mol. The van der Waals surface area contributed by atoms with E-state index in [9.17, 15) is 12.6 Å². The Hall–Kier alpha value is -6.92. The maximum absolute atomic E-state index is 14.7. The first-order valence-electron chi connectivity index (χ1n) is 22.5. The van der Waals surface area contributed by atoms with Crippen molar-refractivity contribution < 1.29 is 12.6 Å². The Labute approximate surface area is 408 Å². The third kappa shape index (κ3) is 8.51. The topological polar surface area (TPSA) is 51.2 Å². The van der Waals surface area contributed by atoms with Gasteiger partial charge >= 0.3 is 0 Å². The van der Waals surface area contributed by atoms with Gasteiger partial charge in [-0.2, -0.15) is 0 Å². The first kappa shape index (κ1) is 44.9. The third-order valence-corrected chi connectivity index (χ3v) is 26.5. The second kappa shape index (κ2) is 20.1. The number of benzene rings is 10. The number of hydrogen-bond acceptors (Lipinski definition) is 3. The van der Waals surface area contributed by atoms with E-state index in [0.29, 0.717) is 0 Å². The highest BCUT2D eigenvalue weighted by molar-refractivity contribution is 7.85. The van der Waals surface area contributed by atoms with Crippen molar-refractivity contribution in [3.05, 3.63) is 279 Å². The van der Waals surface area contributed by atoms with Gasteiger partial charge in [0, 0.05) is 29.4 Å². The van der Waals surface area contributed by atoms with Crippen molar-refractivity contribution in [2.24, 2.45) is 0 Å². The second-order valence-corrected chi connectivity index (χ2v) is 28.6. The summed E-state index contributed by atoms with van der Waals surface area (Å²) < 4.78 is 42.0. The van der Waals surface area contributed by atoms with Gasteiger partial charge in [0.2, 0.25) is 0 Å². The summed E-state index contributed by atoms with van der Waals surface area (Å²) in [4.78, 5) is 4.48. The van der Waals surface area contributed by atoms with Crippen LogP contribution in [0.5, 0.6) is 0 Å². The van der Waals surface area contributed by atoms with Gasteiger partial charge in [0.05, 0.1) is 32.4 Å². The molecule has 2 unspecified atom stereocenters. The molecule has 0 amide bonds. The normalized spacial score (nSPS) is 13.0. The molecule has 10 rings (SSSR count). The van der Waals surface area contributed by atoms with Gasteiger partial charge < -0.3 is 0 Å². The maximum Gasteiger partial charge on any atom is 0.179 e. The lowest BCUT2D eigenvalue weighted by molar-refractivity contribution is 0.682. The molecule has 330 valence electrons. The Morgan fingerprint density at radius 3 is 0.515 bits per heavy atom. The molecule has 0 aromatic heterocycles. The molecule has 68 heavy (non-hydrogen) atoms. The largest absolute Gasteiger partial charge is 0.249 e. The van der Waals surface area contributed by atoms with Crippen LogP contribution in [0, 0.1) is 0 Å². The Balaban J connectivity index is 1.03. The monoisotopic (exact) mass is 966 g/mol. The summed E-state index contributed by atoms with van der Waals surface area (Å²) in [6, 6.07) is 95.4. The Morgan fingerprint density at radius 2 is 0.324 bits per heavy atom. The van der Waals surface area contributed by atoms with Gasteiger partial charge in [0.15, 0.2) is 16.1 Å². The molecule has 0 fully saturated rings. The van der Waals surface area contributed by atoms with E-state index in [1.54, 1.807) is 0 Å². The Bertz CT molecular complexity index is 3020. The van der Waals surface area contributed by atoms with Crippen molar-refractivity contribution >= 4 is 90.0 Å². The predicted octanol–water partition coefficient (Wildman–Crippen LogP) is 7.94. The van der Waals surface area contributed by atoms with Crippen LogP contribution in [0.3, 0.4) is 0 Å². The van der Waals surface area contributed by atoms with E-state index < -0.39 is 48.5 Å². The highest BCUT2D eigenvalue weighted by Crippen LogP contribution is 2.22. The molecule has 0 aliphatic heterocycles. The third-order valence-electron chi connectivity index (χ3n) is 12.7. The Morgan fingerprint density at radius 1 is 0.176 bits per heavy atom. The molecule has 0 heterocycles. The summed E-state index contributed by atoms with van der Waals surface area (Å²) in [5.41, 5.74) is 0. The van der Waals surface area contributed by atoms with Crippen LogP contribution in [0.4, 0.5) is 0 Å². The van der Waals surface area contributed by atoms with Gasteiger partial charge in [-0.1, -0.05) is 206 Å². The molecule has 0 saturated carbocycles. The van der Waals surface area contributed by atoms with Crippen molar-refractivity contribution in [1.29, 1.82) is 0 Å². The summed E-state index contributed by atoms with van der Waals surface area (Å²) in [5, 5.41) is 9.51. The van der Waals surface area contributed by atoms with Gasteiger partial charge in [-0.15, -0.1) is 0 Å². The van der Waals surface area contributed by atoms with Crippen LogP contribution in [-0.4, -0.2) is 28.8 Å². The van der Waals surface area contributed by atoms with Crippen molar-refractivity contribution in [1.82, 2.24) is 0 Å². The summed E-state index contributed by atoms with van der Waals surface area (Å²) in [5.74, 6) is 0. The van der Waals surface area contributed by atoms with E-state index in [1.807, 2.05) is 109 Å². The van der Waals surface area contributed by atoms with E-state index >= 15 is 0 Å². The van der Waals surface area contributed by atoms with Gasteiger partial charge in [0.25, 0.3) is 0 Å². The quantitative estimate of drug-likeness (QED) is 0.0823. The van der Waals surface area contributed by atoms with Crippen LogP contribution < -0.4 is 41.5 Å². The molecule has 0 saturated heterocycles. The molecule has 0 radical (unpaired) electrons. The van der Waals surface area contributed by atoms with Crippen LogP contribution in [0.1, 0.15) is 0 Å². The van der Waals surface area contributed by atoms with E-state index in [4.69, 9.17) is 0 Å². The van der Waals surface area contributed by atoms with Gasteiger partial charge in [-0.3, -0.25) is 0 Å². The van der Waals surface area contributed by atoms with E-state index in [1.165, 1.54) is 20.7 Å². The zero-order chi connectivity index (χ0) is 46.3. The molecule has 0 N–H and O–H groups in total. The van der Waals surface area contributed by atoms with Crippen molar-refractivity contribution in [3.63, 3.8) is 0 Å². The summed E-state index contributed by atoms with van der Waals surface area (Å²) in [6.45, 7) is 0. The molecular weight excluding hydrogens is 921 g/mol. The molecular formula is C60H46O3S3Si2. The molecule has 2 atom stereocenters. The molecule has 0 aliphatic carbocycles. The van der Waals surface area contributed by atoms with E-state index in [2.05, 4.69) is 170 Å². The minimum absolute atomic E-state index is 0.718. The summed E-state index contributed by atoms with van der Waals surface area (Å²) >= 11 is 0. The molecule has 10 aromatic carbocycles. The minimum atomic E-state index is -2.94. The van der Waals surface area contributed by atoms with Crippen molar-refractivity contribution in [2.75, 3.05) is 0 Å². The zero-order valence-electron chi connectivity index (χ0n) is 37.0. The molecule has 3 nitrogen and oxygen atoms in total. The van der Waals surface area contributed by atoms with Gasteiger partial charge in [-0.25, -0.2) is 12.6 Å². The lowest BCUT2D eigenvalue weighted by atomic mass is 10.3. The van der Waals surface area contributed by atoms with Crippen molar-refractivity contribution in [2.45, 2.75) is 29.4 Å². The highest BCUT2D eigenvalue weighted by atomic mass is 32.2. The first-order chi connectivity index (χ1) is 33.5. The second-order valence-electron chi connectivity index (χ2n) is 16.5. The summed E-state index contributed by atoms with van der Waals surface area (Å²) in [7, 11) is -9.97. The van der Waals surface area contributed by atoms with Crippen LogP contribution in [-0.2, 0) is 32.4 Å². The zero-order valence-corrected chi connectivity index (χ0v) is 41.5. The molecule has 0 bridgehead atoms. The van der Waals surface area contributed by atoms with Crippen LogP contribution in [0.2, 0.25) is 0 Å². The average Bonchev–Trinajstić information content (AvgIpc) is 3.43. The lowest BCUT2D eigenvalue weighted by Crippen LogP contribution is -2.74. The van der Waals surface area contributed by atoms with Gasteiger partial charge in [-0.05, 0) is 114 Å². The fraction of sp³-hybridized carbons (Fsp3) is 0. The lowest BCUT2D eigenvalue weighted by Gasteiger charge is -2.34. The molecule has 0 spiro atoms. The standard InChI is InChI=1S/C60H46O3S3Si2/c61-64(47-19-7-1-8-20-47)49-31-39-57(40-32-49)67(53-23-11-3-12-24-53,54-25-13-4-14-26-54)59-43-35-51(36-44-59)66(63)52-37-45-60(46-38-52)68(55-27-15-5-16-28-55,56-29-17-6-18-30-56)58-41-33-50(34-42-58)65(62)48-21-9-2-10-22-48/h1-46H. The molecule has 8 heteroatoms. The summed E-state index contributed by atoms with van der Waals surface area (Å²) in [6.07, 6.45) is 0. The number of rotatable bonds is 14. The average molecular weight is 967 g/mol. The minimum Gasteiger partial charge on any atom is -0.249 e. The molecule has 0 aliphatic rings. The number of hydrogen-bond donors (Lipinski definition) is 0. The highest BCUT2D eigenvalue weighted by Gasteiger charge is 2.43. The Kier molecular flexibility index (Phi) is 13.3. The van der Waals surface area contributed by atoms with Crippen LogP contribution in [0.25, 0.3) is 0 Å². The fourth-order valence-electron chi connectivity index (χ4n) is 9.56. The van der Waals surface area contributed by atoms with E-state index in [-0.39, 0.29) is 0 Å². The van der Waals surface area contributed by atoms with Crippen LogP contribution >= 0.6 is 0 Å². The molecule has 10 aromatic rings. The fourth-order valence-corrected chi connectivity index (χ4v) is 22.2. The maximum atomic E-state index is 14.7. The van der Waals surface area contributed by atoms with Crippen LogP contribution in [0.15, 0.2) is 308 Å². The van der Waals surface area contributed by atoms with Crippen molar-refractivity contribution in [3.8, 4) is 0 Å². The first-order valence-corrected chi connectivity index (χ1v) is 29.9.